The molecule has 1 aromatic rings. The van der Waals surface area contributed by atoms with Crippen LogP contribution < -0.4 is 5.32 Å². The number of halogens is 1. The molecular weight excluding hydrogens is 254 g/mol. The van der Waals surface area contributed by atoms with Gasteiger partial charge in [-0.05, 0) is 60.8 Å². The third kappa shape index (κ3) is 2.43. The molecule has 1 N–H and O–H groups in total. The van der Waals surface area contributed by atoms with Gasteiger partial charge in [0.2, 0.25) is 0 Å². The summed E-state index contributed by atoms with van der Waals surface area (Å²) in [7, 11) is 0. The van der Waals surface area contributed by atoms with Gasteiger partial charge in [-0.1, -0.05) is 37.6 Å². The van der Waals surface area contributed by atoms with Crippen molar-refractivity contribution >= 4 is 11.6 Å². The largest absolute Gasteiger partial charge is 0.316 e. The van der Waals surface area contributed by atoms with Crippen molar-refractivity contribution in [1.82, 2.24) is 5.32 Å². The second kappa shape index (κ2) is 5.10. The number of hydrogen-bond acceptors (Lipinski definition) is 1. The minimum Gasteiger partial charge on any atom is -0.316 e. The minimum absolute atomic E-state index is 0.546. The summed E-state index contributed by atoms with van der Waals surface area (Å²) in [5.41, 5.74) is 1.98. The quantitative estimate of drug-likeness (QED) is 0.841. The van der Waals surface area contributed by atoms with Crippen LogP contribution in [0.2, 0.25) is 5.02 Å². The summed E-state index contributed by atoms with van der Waals surface area (Å²) < 4.78 is 0. The van der Waals surface area contributed by atoms with Crippen LogP contribution in [0.25, 0.3) is 0 Å². The lowest BCUT2D eigenvalue weighted by molar-refractivity contribution is -0.0214. The molecule has 19 heavy (non-hydrogen) atoms. The summed E-state index contributed by atoms with van der Waals surface area (Å²) in [5.74, 6) is 2.41. The van der Waals surface area contributed by atoms with Gasteiger partial charge in [-0.15, -0.1) is 0 Å². The Hall–Kier alpha value is -0.530. The highest BCUT2D eigenvalue weighted by atomic mass is 35.5. The van der Waals surface area contributed by atoms with E-state index in [0.717, 1.165) is 23.4 Å². The summed E-state index contributed by atoms with van der Waals surface area (Å²) in [4.78, 5) is 0. The molecule has 1 heterocycles. The first-order valence-corrected chi connectivity index (χ1v) is 7.95. The van der Waals surface area contributed by atoms with E-state index in [0.29, 0.717) is 11.3 Å². The van der Waals surface area contributed by atoms with Gasteiger partial charge in [0.1, 0.15) is 0 Å². The highest BCUT2D eigenvalue weighted by molar-refractivity contribution is 6.30. The lowest BCUT2D eigenvalue weighted by atomic mass is 9.50. The van der Waals surface area contributed by atoms with Crippen molar-refractivity contribution in [3.8, 4) is 0 Å². The predicted octanol–water partition coefficient (Wildman–Crippen LogP) is 4.47. The monoisotopic (exact) mass is 277 g/mol. The van der Waals surface area contributed by atoms with Crippen LogP contribution in [0, 0.1) is 17.3 Å². The van der Waals surface area contributed by atoms with Crippen molar-refractivity contribution in [2.24, 2.45) is 17.3 Å². The number of piperidine rings is 1. The Morgan fingerprint density at radius 3 is 2.79 bits per heavy atom. The molecule has 1 unspecified atom stereocenters. The fourth-order valence-electron chi connectivity index (χ4n) is 4.11. The highest BCUT2D eigenvalue weighted by Crippen LogP contribution is 2.59. The first-order valence-electron chi connectivity index (χ1n) is 7.57. The first-order chi connectivity index (χ1) is 9.11. The van der Waals surface area contributed by atoms with E-state index in [-0.39, 0.29) is 0 Å². The minimum atomic E-state index is 0.546. The Labute approximate surface area is 121 Å². The second-order valence-electron chi connectivity index (χ2n) is 6.84. The zero-order chi connectivity index (χ0) is 13.5. The molecule has 1 aromatic carbocycles. The van der Waals surface area contributed by atoms with Gasteiger partial charge in [0.05, 0.1) is 0 Å². The zero-order valence-electron chi connectivity index (χ0n) is 12.0. The molecule has 1 spiro atoms. The lowest BCUT2D eigenvalue weighted by Crippen LogP contribution is -2.51. The Bertz CT molecular complexity index is 448. The summed E-state index contributed by atoms with van der Waals surface area (Å²) >= 11 is 6.18. The third-order valence-electron chi connectivity index (χ3n) is 5.42. The van der Waals surface area contributed by atoms with E-state index in [2.05, 4.69) is 37.4 Å². The fraction of sp³-hybridized carbons (Fsp3) is 0.647. The van der Waals surface area contributed by atoms with Crippen LogP contribution in [-0.4, -0.2) is 13.1 Å². The average Bonchev–Trinajstić information content (AvgIpc) is 2.35. The normalized spacial score (nSPS) is 34.5. The molecule has 2 fully saturated rings. The van der Waals surface area contributed by atoms with Gasteiger partial charge < -0.3 is 5.32 Å². The van der Waals surface area contributed by atoms with Gasteiger partial charge >= 0.3 is 0 Å². The molecule has 104 valence electrons. The molecule has 1 saturated heterocycles. The van der Waals surface area contributed by atoms with Crippen LogP contribution >= 0.6 is 11.6 Å². The molecule has 1 aliphatic heterocycles. The zero-order valence-corrected chi connectivity index (χ0v) is 12.7. The van der Waals surface area contributed by atoms with Gasteiger partial charge in [-0.25, -0.2) is 0 Å². The Kier molecular flexibility index (Phi) is 3.61. The summed E-state index contributed by atoms with van der Waals surface area (Å²) in [6.07, 6.45) is 4.14. The van der Waals surface area contributed by atoms with Gasteiger partial charge in [0.25, 0.3) is 0 Å². The molecule has 3 rings (SSSR count). The van der Waals surface area contributed by atoms with E-state index in [4.69, 9.17) is 11.6 Å². The van der Waals surface area contributed by atoms with Crippen molar-refractivity contribution in [2.45, 2.75) is 39.0 Å². The van der Waals surface area contributed by atoms with Crippen molar-refractivity contribution in [3.63, 3.8) is 0 Å². The van der Waals surface area contributed by atoms with Crippen molar-refractivity contribution in [1.29, 1.82) is 0 Å². The molecule has 0 bridgehead atoms. The molecule has 1 saturated carbocycles. The van der Waals surface area contributed by atoms with Crippen molar-refractivity contribution in [2.75, 3.05) is 13.1 Å². The van der Waals surface area contributed by atoms with Crippen LogP contribution in [0.4, 0.5) is 0 Å². The first kappa shape index (κ1) is 13.5. The van der Waals surface area contributed by atoms with Crippen LogP contribution in [0.3, 0.4) is 0 Å². The summed E-state index contributed by atoms with van der Waals surface area (Å²) in [6, 6.07) is 8.50. The van der Waals surface area contributed by atoms with E-state index < -0.39 is 0 Å². The maximum absolute atomic E-state index is 6.18. The average molecular weight is 278 g/mol. The van der Waals surface area contributed by atoms with E-state index in [1.165, 1.54) is 31.4 Å². The Balaban J connectivity index is 1.83. The predicted molar refractivity (Wildman–Crippen MR) is 81.7 cm³/mol. The number of rotatable bonds is 2. The van der Waals surface area contributed by atoms with Crippen LogP contribution in [0.15, 0.2) is 24.3 Å². The number of benzene rings is 1. The maximum Gasteiger partial charge on any atom is 0.0408 e. The van der Waals surface area contributed by atoms with Gasteiger partial charge in [0, 0.05) is 17.5 Å². The SMILES string of the molecule is CC(C)C1CC2(CCNCC2c2cccc(Cl)c2)C1. The summed E-state index contributed by atoms with van der Waals surface area (Å²) in [6.45, 7) is 7.03. The van der Waals surface area contributed by atoms with E-state index in [1.807, 2.05) is 6.07 Å². The van der Waals surface area contributed by atoms with Crippen LogP contribution in [0.1, 0.15) is 44.6 Å². The smallest absolute Gasteiger partial charge is 0.0408 e. The van der Waals surface area contributed by atoms with Gasteiger partial charge in [-0.3, -0.25) is 0 Å². The van der Waals surface area contributed by atoms with Crippen LogP contribution in [-0.2, 0) is 0 Å². The molecule has 0 amide bonds. The molecule has 2 aliphatic rings. The number of hydrogen-bond donors (Lipinski definition) is 1. The molecule has 2 heteroatoms. The van der Waals surface area contributed by atoms with Crippen LogP contribution in [0.5, 0.6) is 0 Å². The van der Waals surface area contributed by atoms with E-state index in [1.54, 1.807) is 0 Å². The summed E-state index contributed by atoms with van der Waals surface area (Å²) in [5, 5.41) is 4.45. The van der Waals surface area contributed by atoms with Crippen molar-refractivity contribution < 1.29 is 0 Å². The standard InChI is InChI=1S/C17H24ClN/c1-12(2)14-9-17(10-14)6-7-19-11-16(17)13-4-3-5-15(18)8-13/h3-5,8,12,14,16,19H,6-7,9-11H2,1-2H3. The topological polar surface area (TPSA) is 12.0 Å². The van der Waals surface area contributed by atoms with Crippen molar-refractivity contribution in [3.05, 3.63) is 34.9 Å². The Morgan fingerprint density at radius 1 is 1.32 bits per heavy atom. The molecule has 0 aromatic heterocycles. The lowest BCUT2D eigenvalue weighted by Gasteiger charge is -2.56. The molecule has 1 atom stereocenters. The van der Waals surface area contributed by atoms with Gasteiger partial charge in [-0.2, -0.15) is 0 Å². The molecule has 1 aliphatic carbocycles. The maximum atomic E-state index is 6.18. The van der Waals surface area contributed by atoms with E-state index >= 15 is 0 Å². The highest BCUT2D eigenvalue weighted by Gasteiger charge is 2.51. The third-order valence-corrected chi connectivity index (χ3v) is 5.65. The number of nitrogens with one attached hydrogen (secondary N) is 1. The molecule has 0 radical (unpaired) electrons. The molecule has 1 nitrogen and oxygen atoms in total. The second-order valence-corrected chi connectivity index (χ2v) is 7.27. The fourth-order valence-corrected chi connectivity index (χ4v) is 4.31. The Morgan fingerprint density at radius 2 is 2.11 bits per heavy atom. The van der Waals surface area contributed by atoms with Gasteiger partial charge in [0.15, 0.2) is 0 Å². The molecular formula is C17H24ClN. The van der Waals surface area contributed by atoms with E-state index in [9.17, 15) is 0 Å².